The van der Waals surface area contributed by atoms with Gasteiger partial charge in [-0.15, -0.1) is 0 Å². The molecule has 0 heterocycles. The predicted octanol–water partition coefficient (Wildman–Crippen LogP) is 3.32. The van der Waals surface area contributed by atoms with Crippen LogP contribution in [0.4, 0.5) is 0 Å². The quantitative estimate of drug-likeness (QED) is 0.567. The van der Waals surface area contributed by atoms with Crippen LogP contribution < -0.4 is 0 Å². The van der Waals surface area contributed by atoms with Gasteiger partial charge in [0, 0.05) is 4.86 Å². The number of thiocarbonyl (C=S) groups is 1. The summed E-state index contributed by atoms with van der Waals surface area (Å²) >= 11 is 10.4. The maximum atomic E-state index is 5.27. The molecule has 1 aliphatic rings. The van der Waals surface area contributed by atoms with E-state index in [1.54, 1.807) is 0 Å². The third-order valence-corrected chi connectivity index (χ3v) is 2.99. The normalized spacial score (nSPS) is 20.8. The Morgan fingerprint density at radius 1 is 1.08 bits per heavy atom. The Bertz CT molecular complexity index is 353. The summed E-state index contributed by atoms with van der Waals surface area (Å²) in [6.07, 6.45) is 3.95. The first-order valence-corrected chi connectivity index (χ1v) is 4.63. The summed E-state index contributed by atoms with van der Waals surface area (Å²) in [4.78, 5) is 0.851. The highest BCUT2D eigenvalue weighted by molar-refractivity contribution is 7.86. The van der Waals surface area contributed by atoms with Crippen LogP contribution >= 0.6 is 24.8 Å². The Kier molecular flexibility index (Phi) is 2.03. The SMILES string of the molecule is [S]C1C(=S)C=Cc2ccccc21. The predicted molar refractivity (Wildman–Crippen MR) is 58.4 cm³/mol. The monoisotopic (exact) mass is 191 g/mol. The standard InChI is InChI=1S/C10H7S2/c11-9-6-5-7-3-1-2-4-8(7)10(9)12/h1-6,10H. The summed E-state index contributed by atoms with van der Waals surface area (Å²) in [6, 6.07) is 8.12. The molecule has 1 radical (unpaired) electrons. The van der Waals surface area contributed by atoms with Crippen LogP contribution in [0.25, 0.3) is 6.08 Å². The van der Waals surface area contributed by atoms with Gasteiger partial charge in [-0.05, 0) is 17.2 Å². The van der Waals surface area contributed by atoms with Crippen molar-refractivity contribution in [3.63, 3.8) is 0 Å². The van der Waals surface area contributed by atoms with Gasteiger partial charge < -0.3 is 0 Å². The summed E-state index contributed by atoms with van der Waals surface area (Å²) in [5.74, 6) is 0. The maximum Gasteiger partial charge on any atom is 0.0758 e. The van der Waals surface area contributed by atoms with E-state index in [9.17, 15) is 0 Å². The van der Waals surface area contributed by atoms with E-state index in [4.69, 9.17) is 24.8 Å². The van der Waals surface area contributed by atoms with Crippen LogP contribution in [-0.2, 0) is 0 Å². The van der Waals surface area contributed by atoms with Gasteiger partial charge in [0.05, 0.1) is 5.25 Å². The van der Waals surface area contributed by atoms with E-state index in [0.29, 0.717) is 0 Å². The lowest BCUT2D eigenvalue weighted by molar-refractivity contribution is 1.30. The fourth-order valence-electron chi connectivity index (χ4n) is 1.31. The van der Waals surface area contributed by atoms with E-state index in [1.165, 1.54) is 11.1 Å². The van der Waals surface area contributed by atoms with Crippen LogP contribution in [0.2, 0.25) is 0 Å². The van der Waals surface area contributed by atoms with Crippen molar-refractivity contribution >= 4 is 35.8 Å². The van der Waals surface area contributed by atoms with Crippen LogP contribution in [0, 0.1) is 0 Å². The number of hydrogen-bond acceptors (Lipinski definition) is 1. The van der Waals surface area contributed by atoms with Gasteiger partial charge in [0.1, 0.15) is 0 Å². The Hall–Kier alpha value is -0.600. The largest absolute Gasteiger partial charge is 0.0833 e. The van der Waals surface area contributed by atoms with Gasteiger partial charge in [0.15, 0.2) is 0 Å². The van der Waals surface area contributed by atoms with E-state index in [-0.39, 0.29) is 5.25 Å². The molecule has 0 aliphatic heterocycles. The molecule has 1 aliphatic carbocycles. The molecule has 1 atom stereocenters. The van der Waals surface area contributed by atoms with E-state index in [1.807, 2.05) is 30.4 Å². The van der Waals surface area contributed by atoms with Gasteiger partial charge in [-0.25, -0.2) is 0 Å². The zero-order chi connectivity index (χ0) is 8.55. The summed E-state index contributed by atoms with van der Waals surface area (Å²) in [5, 5.41) is -0.0128. The van der Waals surface area contributed by atoms with Gasteiger partial charge in [0.2, 0.25) is 0 Å². The van der Waals surface area contributed by atoms with Gasteiger partial charge in [0.25, 0.3) is 0 Å². The molecule has 0 aromatic heterocycles. The maximum absolute atomic E-state index is 5.27. The van der Waals surface area contributed by atoms with Crippen molar-refractivity contribution in [1.29, 1.82) is 0 Å². The number of allylic oxidation sites excluding steroid dienone is 1. The molecule has 0 nitrogen and oxygen atoms in total. The Morgan fingerprint density at radius 3 is 2.67 bits per heavy atom. The highest BCUT2D eigenvalue weighted by Gasteiger charge is 2.16. The fourth-order valence-corrected chi connectivity index (χ4v) is 1.80. The van der Waals surface area contributed by atoms with Crippen molar-refractivity contribution in [2.75, 3.05) is 0 Å². The lowest BCUT2D eigenvalue weighted by Crippen LogP contribution is -2.06. The molecule has 0 spiro atoms. The van der Waals surface area contributed by atoms with Crippen molar-refractivity contribution in [2.24, 2.45) is 0 Å². The third-order valence-electron chi connectivity index (χ3n) is 1.96. The van der Waals surface area contributed by atoms with E-state index >= 15 is 0 Å². The second-order valence-corrected chi connectivity index (χ2v) is 3.69. The second-order valence-electron chi connectivity index (χ2n) is 2.74. The lowest BCUT2D eigenvalue weighted by atomic mass is 9.97. The van der Waals surface area contributed by atoms with Crippen LogP contribution in [0.3, 0.4) is 0 Å². The molecule has 12 heavy (non-hydrogen) atoms. The van der Waals surface area contributed by atoms with Crippen LogP contribution in [0.5, 0.6) is 0 Å². The molecular formula is C10H7S2. The Balaban J connectivity index is 2.59. The van der Waals surface area contributed by atoms with Gasteiger partial charge in [-0.3, -0.25) is 0 Å². The van der Waals surface area contributed by atoms with Crippen molar-refractivity contribution in [3.05, 3.63) is 41.5 Å². The van der Waals surface area contributed by atoms with Gasteiger partial charge in [-0.1, -0.05) is 55.2 Å². The third kappa shape index (κ3) is 1.21. The van der Waals surface area contributed by atoms with Crippen LogP contribution in [0.15, 0.2) is 30.3 Å². The first kappa shape index (κ1) is 8.02. The molecule has 0 saturated heterocycles. The number of fused-ring (bicyclic) bond motifs is 1. The minimum atomic E-state index is -0.0128. The van der Waals surface area contributed by atoms with E-state index in [2.05, 4.69) is 6.07 Å². The molecule has 59 valence electrons. The van der Waals surface area contributed by atoms with Crippen molar-refractivity contribution in [1.82, 2.24) is 0 Å². The van der Waals surface area contributed by atoms with Crippen LogP contribution in [-0.4, -0.2) is 4.86 Å². The summed E-state index contributed by atoms with van der Waals surface area (Å²) in [5.41, 5.74) is 2.37. The van der Waals surface area contributed by atoms with Gasteiger partial charge >= 0.3 is 0 Å². The number of benzene rings is 1. The molecular weight excluding hydrogens is 184 g/mol. The average molecular weight is 191 g/mol. The molecule has 1 unspecified atom stereocenters. The molecule has 1 aromatic rings. The van der Waals surface area contributed by atoms with Crippen molar-refractivity contribution < 1.29 is 0 Å². The molecule has 1 aromatic carbocycles. The minimum absolute atomic E-state index is 0.0128. The molecule has 0 N–H and O–H groups in total. The van der Waals surface area contributed by atoms with E-state index in [0.717, 1.165) is 4.86 Å². The number of hydrogen-bond donors (Lipinski definition) is 0. The molecule has 2 heteroatoms. The van der Waals surface area contributed by atoms with Crippen LogP contribution in [0.1, 0.15) is 16.4 Å². The summed E-state index contributed by atoms with van der Waals surface area (Å²) in [7, 11) is 0. The smallest absolute Gasteiger partial charge is 0.0758 e. The summed E-state index contributed by atoms with van der Waals surface area (Å²) < 4.78 is 0. The Morgan fingerprint density at radius 2 is 1.83 bits per heavy atom. The number of rotatable bonds is 0. The lowest BCUT2D eigenvalue weighted by Gasteiger charge is -2.16. The zero-order valence-electron chi connectivity index (χ0n) is 6.36. The highest BCUT2D eigenvalue weighted by atomic mass is 32.1. The Labute approximate surface area is 82.7 Å². The highest BCUT2D eigenvalue weighted by Crippen LogP contribution is 2.30. The average Bonchev–Trinajstić information content (AvgIpc) is 2.12. The topological polar surface area (TPSA) is 0 Å². The van der Waals surface area contributed by atoms with Crippen molar-refractivity contribution in [3.8, 4) is 0 Å². The molecule has 0 amide bonds. The molecule has 0 bridgehead atoms. The zero-order valence-corrected chi connectivity index (χ0v) is 7.99. The first-order chi connectivity index (χ1) is 5.79. The van der Waals surface area contributed by atoms with Crippen molar-refractivity contribution in [2.45, 2.75) is 5.25 Å². The minimum Gasteiger partial charge on any atom is -0.0833 e. The first-order valence-electron chi connectivity index (χ1n) is 3.76. The van der Waals surface area contributed by atoms with E-state index < -0.39 is 0 Å². The molecule has 2 rings (SSSR count). The van der Waals surface area contributed by atoms with Gasteiger partial charge in [-0.2, -0.15) is 0 Å². The fraction of sp³-hybridized carbons (Fsp3) is 0.100. The summed E-state index contributed by atoms with van der Waals surface area (Å²) in [6.45, 7) is 0. The molecule has 0 saturated carbocycles. The second kappa shape index (κ2) is 3.04. The molecule has 0 fully saturated rings.